The summed E-state index contributed by atoms with van der Waals surface area (Å²) >= 11 is 0. The van der Waals surface area contributed by atoms with E-state index in [2.05, 4.69) is 20.6 Å². The predicted octanol–water partition coefficient (Wildman–Crippen LogP) is 3.29. The minimum atomic E-state index is -0.304. The van der Waals surface area contributed by atoms with Crippen LogP contribution in [0.5, 0.6) is 0 Å². The van der Waals surface area contributed by atoms with Crippen LogP contribution in [-0.2, 0) is 6.54 Å². The fourth-order valence-electron chi connectivity index (χ4n) is 2.11. The van der Waals surface area contributed by atoms with E-state index in [9.17, 15) is 9.18 Å². The summed E-state index contributed by atoms with van der Waals surface area (Å²) in [6.45, 7) is 0.343. The third-order valence-electron chi connectivity index (χ3n) is 3.29. The van der Waals surface area contributed by atoms with Gasteiger partial charge >= 0.3 is 0 Å². The van der Waals surface area contributed by atoms with E-state index in [1.807, 2.05) is 18.2 Å². The quantitative estimate of drug-likeness (QED) is 0.756. The molecular weight excluding hydrogens is 307 g/mol. The lowest BCUT2D eigenvalue weighted by Crippen LogP contribution is -2.23. The number of hydrogen-bond acceptors (Lipinski definition) is 4. The summed E-state index contributed by atoms with van der Waals surface area (Å²) in [4.78, 5) is 20.4. The molecule has 0 saturated heterocycles. The molecule has 2 aromatic heterocycles. The Bertz CT molecular complexity index is 822. The van der Waals surface area contributed by atoms with E-state index in [1.165, 1.54) is 18.3 Å². The second-order valence-corrected chi connectivity index (χ2v) is 5.10. The fraction of sp³-hybridized carbons (Fsp3) is 0.0556. The van der Waals surface area contributed by atoms with Gasteiger partial charge in [-0.2, -0.15) is 0 Å². The molecule has 0 radical (unpaired) electrons. The van der Waals surface area contributed by atoms with Crippen LogP contribution >= 0.6 is 0 Å². The van der Waals surface area contributed by atoms with Crippen molar-refractivity contribution in [2.24, 2.45) is 0 Å². The largest absolute Gasteiger partial charge is 0.354 e. The van der Waals surface area contributed by atoms with Crippen LogP contribution in [0.25, 0.3) is 0 Å². The summed E-state index contributed by atoms with van der Waals surface area (Å²) in [5, 5.41) is 5.87. The van der Waals surface area contributed by atoms with Crippen molar-refractivity contribution >= 4 is 17.3 Å². The number of carbonyl (C=O) groups is 1. The van der Waals surface area contributed by atoms with Crippen LogP contribution in [0, 0.1) is 5.82 Å². The second-order valence-electron chi connectivity index (χ2n) is 5.10. The first kappa shape index (κ1) is 15.6. The number of nitrogens with one attached hydrogen (secondary N) is 2. The maximum absolute atomic E-state index is 12.9. The third kappa shape index (κ3) is 4.13. The minimum Gasteiger partial charge on any atom is -0.354 e. The first-order valence-corrected chi connectivity index (χ1v) is 7.36. The number of nitrogens with zero attached hydrogens (tertiary/aromatic N) is 2. The van der Waals surface area contributed by atoms with Gasteiger partial charge in [0.2, 0.25) is 0 Å². The maximum atomic E-state index is 12.9. The Morgan fingerprint density at radius 2 is 1.88 bits per heavy atom. The number of anilines is 2. The number of pyridine rings is 2. The highest BCUT2D eigenvalue weighted by molar-refractivity contribution is 5.94. The molecule has 0 bridgehead atoms. The van der Waals surface area contributed by atoms with E-state index < -0.39 is 0 Å². The van der Waals surface area contributed by atoms with Gasteiger partial charge in [0.15, 0.2) is 0 Å². The fourth-order valence-corrected chi connectivity index (χ4v) is 2.11. The zero-order valence-electron chi connectivity index (χ0n) is 12.7. The first-order valence-electron chi connectivity index (χ1n) is 7.36. The minimum absolute atomic E-state index is 0.240. The Labute approximate surface area is 138 Å². The molecule has 2 N–H and O–H groups in total. The van der Waals surface area contributed by atoms with E-state index in [4.69, 9.17) is 0 Å². The molecule has 6 heteroatoms. The van der Waals surface area contributed by atoms with Crippen molar-refractivity contribution in [3.05, 3.63) is 84.2 Å². The smallest absolute Gasteiger partial charge is 0.253 e. The molecule has 0 unspecified atom stereocenters. The number of aromatic nitrogens is 2. The van der Waals surface area contributed by atoms with E-state index >= 15 is 0 Å². The van der Waals surface area contributed by atoms with Crippen LogP contribution in [-0.4, -0.2) is 15.9 Å². The van der Waals surface area contributed by atoms with Crippen molar-refractivity contribution in [2.45, 2.75) is 6.54 Å². The van der Waals surface area contributed by atoms with E-state index in [-0.39, 0.29) is 11.7 Å². The lowest BCUT2D eigenvalue weighted by molar-refractivity contribution is 0.0950. The van der Waals surface area contributed by atoms with Gasteiger partial charge in [0.1, 0.15) is 5.82 Å². The van der Waals surface area contributed by atoms with Crippen LogP contribution in [0.2, 0.25) is 0 Å². The molecule has 0 fully saturated rings. The van der Waals surface area contributed by atoms with Gasteiger partial charge in [-0.05, 0) is 42.5 Å². The zero-order valence-corrected chi connectivity index (χ0v) is 12.7. The Morgan fingerprint density at radius 1 is 1.04 bits per heavy atom. The van der Waals surface area contributed by atoms with Gasteiger partial charge in [-0.15, -0.1) is 0 Å². The topological polar surface area (TPSA) is 66.9 Å². The van der Waals surface area contributed by atoms with Crippen molar-refractivity contribution in [1.29, 1.82) is 0 Å². The average Bonchev–Trinajstić information content (AvgIpc) is 2.63. The van der Waals surface area contributed by atoms with Gasteiger partial charge in [0.05, 0.1) is 29.7 Å². The molecule has 1 aromatic carbocycles. The molecule has 3 aromatic rings. The van der Waals surface area contributed by atoms with Gasteiger partial charge in [-0.25, -0.2) is 4.39 Å². The Balaban J connectivity index is 1.65. The molecule has 5 nitrogen and oxygen atoms in total. The molecule has 2 heterocycles. The Morgan fingerprint density at radius 3 is 2.62 bits per heavy atom. The van der Waals surface area contributed by atoms with Crippen LogP contribution in [0.1, 0.15) is 16.1 Å². The maximum Gasteiger partial charge on any atom is 0.253 e. The van der Waals surface area contributed by atoms with Crippen LogP contribution < -0.4 is 10.6 Å². The number of benzene rings is 1. The molecular formula is C18H15FN4O. The summed E-state index contributed by atoms with van der Waals surface area (Å²) in [6.07, 6.45) is 4.76. The molecule has 0 aliphatic carbocycles. The Hall–Kier alpha value is -3.28. The number of amides is 1. The van der Waals surface area contributed by atoms with E-state index in [1.54, 1.807) is 30.6 Å². The first-order chi connectivity index (χ1) is 11.7. The van der Waals surface area contributed by atoms with Gasteiger partial charge < -0.3 is 10.6 Å². The molecule has 24 heavy (non-hydrogen) atoms. The Kier molecular flexibility index (Phi) is 4.76. The van der Waals surface area contributed by atoms with Crippen molar-refractivity contribution in [2.75, 3.05) is 5.32 Å². The normalized spacial score (nSPS) is 10.2. The van der Waals surface area contributed by atoms with Crippen LogP contribution in [0.3, 0.4) is 0 Å². The summed E-state index contributed by atoms with van der Waals surface area (Å²) in [5.41, 5.74) is 2.56. The summed E-state index contributed by atoms with van der Waals surface area (Å²) in [6, 6.07) is 13.2. The lowest BCUT2D eigenvalue weighted by atomic mass is 10.2. The monoisotopic (exact) mass is 322 g/mol. The van der Waals surface area contributed by atoms with Gasteiger partial charge in [0, 0.05) is 18.1 Å². The predicted molar refractivity (Wildman–Crippen MR) is 89.3 cm³/mol. The summed E-state index contributed by atoms with van der Waals surface area (Å²) in [7, 11) is 0. The number of halogens is 1. The third-order valence-corrected chi connectivity index (χ3v) is 3.29. The summed E-state index contributed by atoms with van der Waals surface area (Å²) in [5.74, 6) is -0.544. The molecule has 0 saturated carbocycles. The molecule has 0 aliphatic rings. The molecule has 0 atom stereocenters. The molecule has 1 amide bonds. The number of hydrogen-bond donors (Lipinski definition) is 2. The van der Waals surface area contributed by atoms with Crippen molar-refractivity contribution in [3.8, 4) is 0 Å². The average molecular weight is 322 g/mol. The van der Waals surface area contributed by atoms with Gasteiger partial charge in [-0.1, -0.05) is 6.07 Å². The van der Waals surface area contributed by atoms with Crippen LogP contribution in [0.15, 0.2) is 67.1 Å². The molecule has 120 valence electrons. The highest BCUT2D eigenvalue weighted by Gasteiger charge is 2.07. The highest BCUT2D eigenvalue weighted by Crippen LogP contribution is 2.17. The van der Waals surface area contributed by atoms with Gasteiger partial charge in [-0.3, -0.25) is 14.8 Å². The van der Waals surface area contributed by atoms with E-state index in [0.717, 1.165) is 5.69 Å². The van der Waals surface area contributed by atoms with E-state index in [0.29, 0.717) is 23.5 Å². The van der Waals surface area contributed by atoms with Crippen molar-refractivity contribution in [1.82, 2.24) is 15.3 Å². The lowest BCUT2D eigenvalue weighted by Gasteiger charge is -2.08. The standard InChI is InChI=1S/C18H15FN4O/c19-14-4-6-15(7-5-14)23-17-9-13(10-20-11-17)18(24)22-12-16-3-1-2-8-21-16/h1-11,23H,12H2,(H,22,24). The van der Waals surface area contributed by atoms with Crippen molar-refractivity contribution in [3.63, 3.8) is 0 Å². The highest BCUT2D eigenvalue weighted by atomic mass is 19.1. The number of rotatable bonds is 5. The molecule has 0 spiro atoms. The van der Waals surface area contributed by atoms with Crippen LogP contribution in [0.4, 0.5) is 15.8 Å². The number of carbonyl (C=O) groups excluding carboxylic acids is 1. The SMILES string of the molecule is O=C(NCc1ccccn1)c1cncc(Nc2ccc(F)cc2)c1. The zero-order chi connectivity index (χ0) is 16.8. The molecule has 0 aliphatic heterocycles. The van der Waals surface area contributed by atoms with Gasteiger partial charge in [0.25, 0.3) is 5.91 Å². The summed E-state index contributed by atoms with van der Waals surface area (Å²) < 4.78 is 12.9. The molecule has 3 rings (SSSR count). The van der Waals surface area contributed by atoms with Crippen molar-refractivity contribution < 1.29 is 9.18 Å². The second kappa shape index (κ2) is 7.32.